The first-order chi connectivity index (χ1) is 13.3. The fourth-order valence-corrected chi connectivity index (χ4v) is 2.94. The number of hydrogen-bond donors (Lipinski definition) is 0. The molecule has 0 aliphatic heterocycles. The average molecular weight is 358 g/mol. The van der Waals surface area contributed by atoms with Gasteiger partial charge < -0.3 is 13.9 Å². The lowest BCUT2D eigenvalue weighted by Gasteiger charge is -2.08. The van der Waals surface area contributed by atoms with Gasteiger partial charge in [-0.3, -0.25) is 4.98 Å². The molecule has 2 aromatic heterocycles. The second-order valence-electron chi connectivity index (χ2n) is 5.86. The van der Waals surface area contributed by atoms with Gasteiger partial charge in [0.25, 0.3) is 0 Å². The summed E-state index contributed by atoms with van der Waals surface area (Å²) in [5.41, 5.74) is 3.60. The molecule has 0 bridgehead atoms. The van der Waals surface area contributed by atoms with Crippen LogP contribution in [-0.4, -0.2) is 24.2 Å². The van der Waals surface area contributed by atoms with Gasteiger partial charge in [0.05, 0.1) is 26.1 Å². The Labute approximate surface area is 157 Å². The maximum atomic E-state index is 6.06. The second kappa shape index (κ2) is 7.33. The Morgan fingerprint density at radius 2 is 1.56 bits per heavy atom. The SMILES string of the molecule is COc1ccc(-c2cnc(-c3ccccc3-c3ccccn3)o2)cc1OC. The van der Waals surface area contributed by atoms with Crippen LogP contribution in [0.25, 0.3) is 34.0 Å². The number of nitrogens with zero attached hydrogens (tertiary/aromatic N) is 2. The van der Waals surface area contributed by atoms with Gasteiger partial charge in [-0.15, -0.1) is 0 Å². The maximum absolute atomic E-state index is 6.06. The highest BCUT2D eigenvalue weighted by Crippen LogP contribution is 2.35. The average Bonchev–Trinajstić information content (AvgIpc) is 3.24. The maximum Gasteiger partial charge on any atom is 0.227 e. The molecule has 0 radical (unpaired) electrons. The molecule has 2 heterocycles. The Bertz CT molecular complexity index is 1060. The summed E-state index contributed by atoms with van der Waals surface area (Å²) in [7, 11) is 3.22. The third-order valence-electron chi connectivity index (χ3n) is 4.27. The molecule has 5 nitrogen and oxygen atoms in total. The molecule has 0 amide bonds. The first-order valence-electron chi connectivity index (χ1n) is 8.49. The van der Waals surface area contributed by atoms with Crippen LogP contribution in [0.15, 0.2) is 77.5 Å². The summed E-state index contributed by atoms with van der Waals surface area (Å²) in [5.74, 6) is 2.51. The van der Waals surface area contributed by atoms with Gasteiger partial charge in [0.2, 0.25) is 5.89 Å². The summed E-state index contributed by atoms with van der Waals surface area (Å²) in [6, 6.07) is 19.4. The Kier molecular flexibility index (Phi) is 4.58. The fourth-order valence-electron chi connectivity index (χ4n) is 2.94. The van der Waals surface area contributed by atoms with Crippen molar-refractivity contribution in [1.82, 2.24) is 9.97 Å². The van der Waals surface area contributed by atoms with E-state index in [2.05, 4.69) is 9.97 Å². The van der Waals surface area contributed by atoms with Crippen LogP contribution in [0.2, 0.25) is 0 Å². The van der Waals surface area contributed by atoms with E-state index >= 15 is 0 Å². The fraction of sp³-hybridized carbons (Fsp3) is 0.0909. The van der Waals surface area contributed by atoms with Gasteiger partial charge in [-0.1, -0.05) is 24.3 Å². The third kappa shape index (κ3) is 3.27. The molecular weight excluding hydrogens is 340 g/mol. The van der Waals surface area contributed by atoms with E-state index in [1.54, 1.807) is 26.6 Å². The highest BCUT2D eigenvalue weighted by molar-refractivity contribution is 5.78. The molecule has 0 atom stereocenters. The van der Waals surface area contributed by atoms with E-state index < -0.39 is 0 Å². The van der Waals surface area contributed by atoms with Crippen molar-refractivity contribution in [3.8, 4) is 45.5 Å². The molecule has 27 heavy (non-hydrogen) atoms. The number of pyridine rings is 1. The van der Waals surface area contributed by atoms with Crippen LogP contribution in [-0.2, 0) is 0 Å². The van der Waals surface area contributed by atoms with E-state index in [1.165, 1.54) is 0 Å². The lowest BCUT2D eigenvalue weighted by atomic mass is 10.0. The quantitative estimate of drug-likeness (QED) is 0.497. The van der Waals surface area contributed by atoms with Crippen molar-refractivity contribution in [2.75, 3.05) is 14.2 Å². The molecule has 0 aliphatic carbocycles. The predicted molar refractivity (Wildman–Crippen MR) is 104 cm³/mol. The van der Waals surface area contributed by atoms with E-state index in [0.29, 0.717) is 23.1 Å². The molecule has 4 aromatic rings. The van der Waals surface area contributed by atoms with Gasteiger partial charge in [0.15, 0.2) is 17.3 Å². The van der Waals surface area contributed by atoms with Crippen LogP contribution < -0.4 is 9.47 Å². The van der Waals surface area contributed by atoms with E-state index in [9.17, 15) is 0 Å². The molecule has 0 unspecified atom stereocenters. The largest absolute Gasteiger partial charge is 0.493 e. The van der Waals surface area contributed by atoms with Gasteiger partial charge in [0, 0.05) is 22.9 Å². The monoisotopic (exact) mass is 358 g/mol. The lowest BCUT2D eigenvalue weighted by molar-refractivity contribution is 0.355. The molecule has 5 heteroatoms. The number of benzene rings is 2. The lowest BCUT2D eigenvalue weighted by Crippen LogP contribution is -1.90. The molecule has 0 aliphatic rings. The summed E-state index contributed by atoms with van der Waals surface area (Å²) < 4.78 is 16.7. The topological polar surface area (TPSA) is 57.4 Å². The van der Waals surface area contributed by atoms with Crippen LogP contribution in [0.1, 0.15) is 0 Å². The van der Waals surface area contributed by atoms with Gasteiger partial charge in [0.1, 0.15) is 0 Å². The zero-order valence-corrected chi connectivity index (χ0v) is 15.0. The van der Waals surface area contributed by atoms with E-state index in [0.717, 1.165) is 22.4 Å². The molecule has 0 N–H and O–H groups in total. The number of rotatable bonds is 5. The van der Waals surface area contributed by atoms with Crippen LogP contribution in [0.3, 0.4) is 0 Å². The highest BCUT2D eigenvalue weighted by atomic mass is 16.5. The van der Waals surface area contributed by atoms with Crippen LogP contribution in [0, 0.1) is 0 Å². The van der Waals surface area contributed by atoms with Crippen molar-refractivity contribution in [3.05, 3.63) is 73.1 Å². The van der Waals surface area contributed by atoms with Gasteiger partial charge in [-0.25, -0.2) is 4.98 Å². The normalized spacial score (nSPS) is 10.6. The minimum Gasteiger partial charge on any atom is -0.493 e. The van der Waals surface area contributed by atoms with Crippen molar-refractivity contribution in [1.29, 1.82) is 0 Å². The Balaban J connectivity index is 1.74. The number of oxazole rings is 1. The molecule has 134 valence electrons. The summed E-state index contributed by atoms with van der Waals surface area (Å²) in [6.45, 7) is 0. The van der Waals surface area contributed by atoms with Crippen LogP contribution in [0.5, 0.6) is 11.5 Å². The summed E-state index contributed by atoms with van der Waals surface area (Å²) in [5, 5.41) is 0. The number of ether oxygens (including phenoxy) is 2. The summed E-state index contributed by atoms with van der Waals surface area (Å²) in [4.78, 5) is 8.92. The Morgan fingerprint density at radius 1 is 0.778 bits per heavy atom. The standard InChI is InChI=1S/C22H18N2O3/c1-25-19-11-10-15(13-20(19)26-2)21-14-24-22(27-21)17-8-4-3-7-16(17)18-9-5-6-12-23-18/h3-14H,1-2H3. The van der Waals surface area contributed by atoms with Crippen molar-refractivity contribution >= 4 is 0 Å². The molecule has 0 fully saturated rings. The van der Waals surface area contributed by atoms with Gasteiger partial charge in [-0.05, 0) is 36.4 Å². The summed E-state index contributed by atoms with van der Waals surface area (Å²) in [6.07, 6.45) is 3.49. The Morgan fingerprint density at radius 3 is 2.30 bits per heavy atom. The van der Waals surface area contributed by atoms with E-state index in [4.69, 9.17) is 13.9 Å². The predicted octanol–water partition coefficient (Wildman–Crippen LogP) is 5.09. The summed E-state index contributed by atoms with van der Waals surface area (Å²) >= 11 is 0. The molecule has 0 saturated carbocycles. The van der Waals surface area contributed by atoms with Crippen LogP contribution >= 0.6 is 0 Å². The van der Waals surface area contributed by atoms with Gasteiger partial charge in [-0.2, -0.15) is 0 Å². The van der Waals surface area contributed by atoms with Crippen molar-refractivity contribution in [2.45, 2.75) is 0 Å². The van der Waals surface area contributed by atoms with E-state index in [-0.39, 0.29) is 0 Å². The Hall–Kier alpha value is -3.60. The number of hydrogen-bond acceptors (Lipinski definition) is 5. The van der Waals surface area contributed by atoms with Crippen LogP contribution in [0.4, 0.5) is 0 Å². The highest BCUT2D eigenvalue weighted by Gasteiger charge is 2.15. The number of methoxy groups -OCH3 is 2. The first-order valence-corrected chi connectivity index (χ1v) is 8.49. The van der Waals surface area contributed by atoms with Gasteiger partial charge >= 0.3 is 0 Å². The first kappa shape index (κ1) is 16.8. The minimum absolute atomic E-state index is 0.543. The van der Waals surface area contributed by atoms with Crippen molar-refractivity contribution < 1.29 is 13.9 Å². The molecule has 0 saturated heterocycles. The second-order valence-corrected chi connectivity index (χ2v) is 5.86. The molecule has 2 aromatic carbocycles. The smallest absolute Gasteiger partial charge is 0.227 e. The molecule has 0 spiro atoms. The zero-order valence-electron chi connectivity index (χ0n) is 15.0. The minimum atomic E-state index is 0.543. The molecular formula is C22H18N2O3. The van der Waals surface area contributed by atoms with Crippen molar-refractivity contribution in [3.63, 3.8) is 0 Å². The third-order valence-corrected chi connectivity index (χ3v) is 4.27. The van der Waals surface area contributed by atoms with Crippen molar-refractivity contribution in [2.24, 2.45) is 0 Å². The molecule has 4 rings (SSSR count). The van der Waals surface area contributed by atoms with E-state index in [1.807, 2.05) is 60.7 Å². The zero-order chi connectivity index (χ0) is 18.6. The number of aromatic nitrogens is 2.